The maximum absolute atomic E-state index is 5.29. The van der Waals surface area contributed by atoms with Crippen LogP contribution in [-0.4, -0.2) is 16.4 Å². The lowest BCUT2D eigenvalue weighted by atomic mass is 10.6. The van der Waals surface area contributed by atoms with Gasteiger partial charge in [0.2, 0.25) is 0 Å². The van der Waals surface area contributed by atoms with E-state index in [2.05, 4.69) is 5.10 Å². The first-order valence-electron chi connectivity index (χ1n) is 3.19. The van der Waals surface area contributed by atoms with E-state index in [0.29, 0.717) is 6.61 Å². The van der Waals surface area contributed by atoms with Crippen molar-refractivity contribution in [3.05, 3.63) is 24.0 Å². The van der Waals surface area contributed by atoms with Crippen LogP contribution in [0.5, 0.6) is 5.75 Å². The fraction of sp³-hybridized carbons (Fsp3) is 0.286. The molecule has 0 atom stereocenters. The van der Waals surface area contributed by atoms with Crippen molar-refractivity contribution >= 4 is 11.6 Å². The lowest BCUT2D eigenvalue weighted by molar-refractivity contribution is 0.362. The molecule has 0 aliphatic heterocycles. The molecule has 0 amide bonds. The van der Waals surface area contributed by atoms with Gasteiger partial charge in [0, 0.05) is 12.6 Å². The van der Waals surface area contributed by atoms with Crippen LogP contribution in [-0.2, 0) is 7.05 Å². The summed E-state index contributed by atoms with van der Waals surface area (Å²) in [5.74, 6) is 0.752. The van der Waals surface area contributed by atoms with Gasteiger partial charge in [0.25, 0.3) is 0 Å². The molecule has 11 heavy (non-hydrogen) atoms. The van der Waals surface area contributed by atoms with Crippen LogP contribution in [0.3, 0.4) is 0 Å². The third kappa shape index (κ3) is 2.63. The van der Waals surface area contributed by atoms with Crippen LogP contribution in [0, 0.1) is 0 Å². The van der Waals surface area contributed by atoms with Crippen molar-refractivity contribution < 1.29 is 4.74 Å². The van der Waals surface area contributed by atoms with Crippen LogP contribution in [0.25, 0.3) is 0 Å². The van der Waals surface area contributed by atoms with Gasteiger partial charge in [-0.25, -0.2) is 0 Å². The molecule has 0 aromatic carbocycles. The van der Waals surface area contributed by atoms with E-state index in [0.717, 1.165) is 5.75 Å². The standard InChI is InChI=1S/C7H9ClN2O/c1-10-6-7(5-9-10)11-4-2-3-8/h2-3,5-6H,4H2,1H3/b3-2+. The molecule has 1 aromatic heterocycles. The molecular formula is C7H9ClN2O. The first-order chi connectivity index (χ1) is 5.33. The normalized spacial score (nSPS) is 10.7. The molecule has 1 heterocycles. The number of halogens is 1. The fourth-order valence-electron chi connectivity index (χ4n) is 0.654. The SMILES string of the molecule is Cn1cc(OC/C=C/Cl)cn1. The maximum Gasteiger partial charge on any atom is 0.157 e. The zero-order valence-corrected chi connectivity index (χ0v) is 6.95. The van der Waals surface area contributed by atoms with Crippen LogP contribution in [0.15, 0.2) is 24.0 Å². The first-order valence-corrected chi connectivity index (χ1v) is 3.63. The van der Waals surface area contributed by atoms with Crippen LogP contribution in [0.1, 0.15) is 0 Å². The van der Waals surface area contributed by atoms with E-state index in [-0.39, 0.29) is 0 Å². The second-order valence-corrected chi connectivity index (χ2v) is 2.27. The van der Waals surface area contributed by atoms with E-state index in [1.165, 1.54) is 5.54 Å². The Morgan fingerprint density at radius 2 is 2.64 bits per heavy atom. The molecule has 0 N–H and O–H groups in total. The summed E-state index contributed by atoms with van der Waals surface area (Å²) in [4.78, 5) is 0. The van der Waals surface area contributed by atoms with Crippen molar-refractivity contribution in [2.45, 2.75) is 0 Å². The molecule has 0 saturated heterocycles. The average molecular weight is 173 g/mol. The molecule has 0 radical (unpaired) electrons. The van der Waals surface area contributed by atoms with Crippen molar-refractivity contribution in [1.29, 1.82) is 0 Å². The number of aromatic nitrogens is 2. The van der Waals surface area contributed by atoms with Crippen molar-refractivity contribution in [1.82, 2.24) is 9.78 Å². The van der Waals surface area contributed by atoms with E-state index < -0.39 is 0 Å². The van der Waals surface area contributed by atoms with Gasteiger partial charge < -0.3 is 4.74 Å². The summed E-state index contributed by atoms with van der Waals surface area (Å²) in [6, 6.07) is 0. The van der Waals surface area contributed by atoms with E-state index >= 15 is 0 Å². The summed E-state index contributed by atoms with van der Waals surface area (Å²) in [6.45, 7) is 0.481. The van der Waals surface area contributed by atoms with Gasteiger partial charge in [-0.15, -0.1) is 0 Å². The van der Waals surface area contributed by atoms with Crippen molar-refractivity contribution in [3.8, 4) is 5.75 Å². The summed E-state index contributed by atoms with van der Waals surface area (Å²) in [6.07, 6.45) is 5.17. The zero-order chi connectivity index (χ0) is 8.10. The molecule has 4 heteroatoms. The minimum absolute atomic E-state index is 0.481. The second kappa shape index (κ2) is 4.03. The molecule has 0 fully saturated rings. The third-order valence-corrected chi connectivity index (χ3v) is 1.29. The average Bonchev–Trinajstić information content (AvgIpc) is 2.37. The van der Waals surface area contributed by atoms with E-state index in [9.17, 15) is 0 Å². The minimum atomic E-state index is 0.481. The predicted octanol–water partition coefficient (Wildman–Crippen LogP) is 1.55. The number of hydrogen-bond acceptors (Lipinski definition) is 2. The predicted molar refractivity (Wildman–Crippen MR) is 43.7 cm³/mol. The van der Waals surface area contributed by atoms with Crippen molar-refractivity contribution in [2.75, 3.05) is 6.61 Å². The van der Waals surface area contributed by atoms with Gasteiger partial charge in [-0.3, -0.25) is 4.68 Å². The third-order valence-electron chi connectivity index (χ3n) is 1.12. The summed E-state index contributed by atoms with van der Waals surface area (Å²) in [5.41, 5.74) is 1.43. The minimum Gasteiger partial charge on any atom is -0.486 e. The summed E-state index contributed by atoms with van der Waals surface area (Å²) < 4.78 is 6.89. The maximum atomic E-state index is 5.29. The Balaban J connectivity index is 2.38. The Morgan fingerprint density at radius 1 is 1.82 bits per heavy atom. The van der Waals surface area contributed by atoms with Crippen molar-refractivity contribution in [2.24, 2.45) is 7.05 Å². The Bertz CT molecular complexity index is 244. The summed E-state index contributed by atoms with van der Waals surface area (Å²) in [5, 5.41) is 3.93. The van der Waals surface area contributed by atoms with Crippen LogP contribution in [0.2, 0.25) is 0 Å². The highest BCUT2D eigenvalue weighted by molar-refractivity contribution is 6.25. The van der Waals surface area contributed by atoms with E-state index in [1.807, 2.05) is 7.05 Å². The Kier molecular flexibility index (Phi) is 2.98. The highest BCUT2D eigenvalue weighted by Crippen LogP contribution is 2.06. The smallest absolute Gasteiger partial charge is 0.157 e. The molecule has 0 unspecified atom stereocenters. The van der Waals surface area contributed by atoms with Gasteiger partial charge in [-0.05, 0) is 6.08 Å². The number of ether oxygens (including phenoxy) is 1. The Labute approximate surface area is 70.2 Å². The molecular weight excluding hydrogens is 164 g/mol. The summed E-state index contributed by atoms with van der Waals surface area (Å²) in [7, 11) is 1.84. The highest BCUT2D eigenvalue weighted by atomic mass is 35.5. The van der Waals surface area contributed by atoms with E-state index in [1.54, 1.807) is 23.2 Å². The molecule has 0 saturated carbocycles. The molecule has 60 valence electrons. The molecule has 1 rings (SSSR count). The largest absolute Gasteiger partial charge is 0.486 e. The van der Waals surface area contributed by atoms with Crippen LogP contribution < -0.4 is 4.74 Å². The van der Waals surface area contributed by atoms with Gasteiger partial charge in [0.05, 0.1) is 12.4 Å². The van der Waals surface area contributed by atoms with Gasteiger partial charge in [0.15, 0.2) is 5.75 Å². The number of rotatable bonds is 3. The van der Waals surface area contributed by atoms with Crippen LogP contribution in [0.4, 0.5) is 0 Å². The van der Waals surface area contributed by atoms with Gasteiger partial charge in [-0.1, -0.05) is 11.6 Å². The molecule has 3 nitrogen and oxygen atoms in total. The Hall–Kier alpha value is -0.960. The lowest BCUT2D eigenvalue weighted by Gasteiger charge is -1.95. The molecule has 0 spiro atoms. The topological polar surface area (TPSA) is 27.1 Å². The van der Waals surface area contributed by atoms with Gasteiger partial charge in [0.1, 0.15) is 6.61 Å². The molecule has 0 aliphatic carbocycles. The van der Waals surface area contributed by atoms with Crippen molar-refractivity contribution in [3.63, 3.8) is 0 Å². The Morgan fingerprint density at radius 3 is 3.18 bits per heavy atom. The van der Waals surface area contributed by atoms with Gasteiger partial charge >= 0.3 is 0 Å². The monoisotopic (exact) mass is 172 g/mol. The number of nitrogens with zero attached hydrogens (tertiary/aromatic N) is 2. The fourth-order valence-corrected chi connectivity index (χ4v) is 0.727. The first kappa shape index (κ1) is 8.14. The number of hydrogen-bond donors (Lipinski definition) is 0. The molecule has 0 bridgehead atoms. The second-order valence-electron chi connectivity index (χ2n) is 2.02. The number of aryl methyl sites for hydroxylation is 1. The van der Waals surface area contributed by atoms with E-state index in [4.69, 9.17) is 16.3 Å². The quantitative estimate of drug-likeness (QED) is 0.692. The van der Waals surface area contributed by atoms with Gasteiger partial charge in [-0.2, -0.15) is 5.10 Å². The lowest BCUT2D eigenvalue weighted by Crippen LogP contribution is -1.91. The molecule has 1 aromatic rings. The highest BCUT2D eigenvalue weighted by Gasteiger charge is 1.92. The zero-order valence-electron chi connectivity index (χ0n) is 6.20. The summed E-state index contributed by atoms with van der Waals surface area (Å²) >= 11 is 5.29. The van der Waals surface area contributed by atoms with Crippen LogP contribution >= 0.6 is 11.6 Å². The molecule has 0 aliphatic rings.